The Morgan fingerprint density at radius 3 is 2.39 bits per heavy atom. The number of nitrogens with zero attached hydrogens (tertiary/aromatic N) is 2. The Balaban J connectivity index is 0.000000960. The van der Waals surface area contributed by atoms with Gasteiger partial charge in [-0.15, -0.1) is 36.2 Å². The smallest absolute Gasteiger partial charge is 0.227 e. The molecule has 4 rings (SSSR count). The van der Waals surface area contributed by atoms with E-state index in [4.69, 9.17) is 5.73 Å². The summed E-state index contributed by atoms with van der Waals surface area (Å²) in [7, 11) is 0. The maximum absolute atomic E-state index is 12.8. The second kappa shape index (κ2) is 7.60. The van der Waals surface area contributed by atoms with E-state index in [1.54, 1.807) is 11.3 Å². The molecule has 4 nitrogen and oxygen atoms in total. The van der Waals surface area contributed by atoms with Gasteiger partial charge in [0.25, 0.3) is 0 Å². The molecule has 1 aromatic heterocycles. The predicted molar refractivity (Wildman–Crippen MR) is 99.9 cm³/mol. The molecule has 7 heteroatoms. The molecule has 2 bridgehead atoms. The molecule has 23 heavy (non-hydrogen) atoms. The van der Waals surface area contributed by atoms with Crippen LogP contribution in [0.4, 0.5) is 5.00 Å². The Kier molecular flexibility index (Phi) is 6.22. The lowest BCUT2D eigenvalue weighted by atomic mass is 9.84. The van der Waals surface area contributed by atoms with Crippen molar-refractivity contribution in [2.45, 2.75) is 25.3 Å². The van der Waals surface area contributed by atoms with E-state index in [9.17, 15) is 4.79 Å². The van der Waals surface area contributed by atoms with Gasteiger partial charge in [0.05, 0.1) is 10.9 Å². The minimum Gasteiger partial charge on any atom is -0.360 e. The number of thiophene rings is 1. The van der Waals surface area contributed by atoms with Crippen molar-refractivity contribution in [2.24, 2.45) is 23.5 Å². The normalized spacial score (nSPS) is 32.4. The molecule has 130 valence electrons. The number of hydrogen-bond acceptors (Lipinski definition) is 4. The monoisotopic (exact) mass is 377 g/mol. The summed E-state index contributed by atoms with van der Waals surface area (Å²) in [6.07, 6.45) is 3.64. The maximum atomic E-state index is 12.8. The van der Waals surface area contributed by atoms with Crippen molar-refractivity contribution >= 4 is 47.1 Å². The molecule has 0 radical (unpaired) electrons. The number of carbonyl (C=O) groups is 1. The van der Waals surface area contributed by atoms with Crippen LogP contribution >= 0.6 is 36.2 Å². The number of rotatable bonds is 2. The third kappa shape index (κ3) is 3.34. The van der Waals surface area contributed by atoms with Gasteiger partial charge >= 0.3 is 0 Å². The lowest BCUT2D eigenvalue weighted by Crippen LogP contribution is -2.53. The Morgan fingerprint density at radius 2 is 1.83 bits per heavy atom. The van der Waals surface area contributed by atoms with Crippen molar-refractivity contribution in [1.82, 2.24) is 4.90 Å². The summed E-state index contributed by atoms with van der Waals surface area (Å²) in [6, 6.07) is 4.37. The van der Waals surface area contributed by atoms with Gasteiger partial charge in [-0.25, -0.2) is 0 Å². The van der Waals surface area contributed by atoms with Crippen LogP contribution in [-0.4, -0.2) is 43.0 Å². The van der Waals surface area contributed by atoms with E-state index in [1.165, 1.54) is 24.3 Å². The standard InChI is InChI=1S/C16H23N3OS.2ClH/c17-15-12-4-3-11(10-12)14(15)16(20)19-7-5-18(6-8-19)13-2-1-9-21-13;;/h1-2,9,11-12,14-15H,3-8,10,17H2;2*1H. The molecule has 1 saturated heterocycles. The first-order valence-electron chi connectivity index (χ1n) is 8.07. The van der Waals surface area contributed by atoms with Crippen LogP contribution in [0, 0.1) is 17.8 Å². The van der Waals surface area contributed by atoms with E-state index in [0.717, 1.165) is 26.2 Å². The number of carbonyl (C=O) groups excluding carboxylic acids is 1. The van der Waals surface area contributed by atoms with Crippen molar-refractivity contribution in [3.8, 4) is 0 Å². The fourth-order valence-corrected chi connectivity index (χ4v) is 5.30. The molecule has 1 amide bonds. The van der Waals surface area contributed by atoms with Gasteiger partial charge in [-0.1, -0.05) is 0 Å². The predicted octanol–water partition coefficient (Wildman–Crippen LogP) is 2.61. The van der Waals surface area contributed by atoms with Crippen molar-refractivity contribution in [2.75, 3.05) is 31.1 Å². The van der Waals surface area contributed by atoms with Crippen LogP contribution in [-0.2, 0) is 4.79 Å². The number of hydrogen-bond donors (Lipinski definition) is 1. The molecule has 4 atom stereocenters. The summed E-state index contributed by atoms with van der Waals surface area (Å²) in [5, 5.41) is 3.43. The van der Waals surface area contributed by atoms with Gasteiger partial charge in [0, 0.05) is 32.2 Å². The Labute approximate surface area is 154 Å². The first-order valence-corrected chi connectivity index (χ1v) is 8.95. The largest absolute Gasteiger partial charge is 0.360 e. The molecule has 4 unspecified atom stereocenters. The van der Waals surface area contributed by atoms with Crippen molar-refractivity contribution < 1.29 is 4.79 Å². The minimum absolute atomic E-state index is 0. The topological polar surface area (TPSA) is 49.6 Å². The molecule has 2 N–H and O–H groups in total. The molecule has 2 heterocycles. The minimum atomic E-state index is 0. The second-order valence-electron chi connectivity index (χ2n) is 6.70. The summed E-state index contributed by atoms with van der Waals surface area (Å²) in [4.78, 5) is 17.3. The highest BCUT2D eigenvalue weighted by Gasteiger charge is 2.50. The van der Waals surface area contributed by atoms with E-state index < -0.39 is 0 Å². The van der Waals surface area contributed by atoms with Crippen molar-refractivity contribution in [3.05, 3.63) is 17.5 Å². The SMILES string of the molecule is Cl.Cl.NC1C2CCC(C2)C1C(=O)N1CCN(c2cccs2)CC1. The average molecular weight is 378 g/mol. The summed E-state index contributed by atoms with van der Waals surface area (Å²) in [5.74, 6) is 1.61. The van der Waals surface area contributed by atoms with Crippen LogP contribution in [0.2, 0.25) is 0 Å². The Hall–Kier alpha value is -0.490. The lowest BCUT2D eigenvalue weighted by Gasteiger charge is -2.38. The first-order chi connectivity index (χ1) is 10.2. The maximum Gasteiger partial charge on any atom is 0.227 e. The quantitative estimate of drug-likeness (QED) is 0.861. The lowest BCUT2D eigenvalue weighted by molar-refractivity contribution is -0.138. The van der Waals surface area contributed by atoms with Gasteiger partial charge in [-0.3, -0.25) is 4.79 Å². The van der Waals surface area contributed by atoms with Gasteiger partial charge in [0.1, 0.15) is 0 Å². The van der Waals surface area contributed by atoms with Crippen LogP contribution in [0.15, 0.2) is 17.5 Å². The highest BCUT2D eigenvalue weighted by molar-refractivity contribution is 7.14. The van der Waals surface area contributed by atoms with Crippen LogP contribution in [0.1, 0.15) is 19.3 Å². The van der Waals surface area contributed by atoms with Gasteiger partial charge < -0.3 is 15.5 Å². The van der Waals surface area contributed by atoms with Crippen LogP contribution in [0.5, 0.6) is 0 Å². The Morgan fingerprint density at radius 1 is 1.13 bits per heavy atom. The number of amides is 1. The Bertz CT molecular complexity index is 517. The third-order valence-electron chi connectivity index (χ3n) is 5.67. The number of anilines is 1. The van der Waals surface area contributed by atoms with Crippen molar-refractivity contribution in [3.63, 3.8) is 0 Å². The molecule has 3 fully saturated rings. The highest BCUT2D eigenvalue weighted by Crippen LogP contribution is 2.48. The second-order valence-corrected chi connectivity index (χ2v) is 7.63. The third-order valence-corrected chi connectivity index (χ3v) is 6.60. The number of fused-ring (bicyclic) bond motifs is 2. The van der Waals surface area contributed by atoms with Crippen LogP contribution < -0.4 is 10.6 Å². The molecule has 0 aromatic carbocycles. The number of piperazine rings is 1. The average Bonchev–Trinajstić information content (AvgIpc) is 3.24. The molecule has 2 saturated carbocycles. The van der Waals surface area contributed by atoms with E-state index in [2.05, 4.69) is 27.3 Å². The van der Waals surface area contributed by atoms with E-state index in [0.29, 0.717) is 17.7 Å². The zero-order valence-electron chi connectivity index (χ0n) is 13.1. The number of nitrogens with two attached hydrogens (primary N) is 1. The molecule has 0 spiro atoms. The van der Waals surface area contributed by atoms with E-state index in [1.807, 2.05) is 0 Å². The van der Waals surface area contributed by atoms with E-state index >= 15 is 0 Å². The van der Waals surface area contributed by atoms with Crippen molar-refractivity contribution in [1.29, 1.82) is 0 Å². The summed E-state index contributed by atoms with van der Waals surface area (Å²) >= 11 is 1.78. The van der Waals surface area contributed by atoms with Crippen LogP contribution in [0.25, 0.3) is 0 Å². The molecular weight excluding hydrogens is 353 g/mol. The molecule has 1 aliphatic heterocycles. The molecule has 1 aromatic rings. The molecular formula is C16H25Cl2N3OS. The fraction of sp³-hybridized carbons (Fsp3) is 0.688. The zero-order chi connectivity index (χ0) is 14.4. The van der Waals surface area contributed by atoms with Gasteiger partial charge in [0.15, 0.2) is 0 Å². The first kappa shape index (κ1) is 18.8. The summed E-state index contributed by atoms with van der Waals surface area (Å²) in [5.41, 5.74) is 6.32. The molecule has 3 aliphatic rings. The number of halogens is 2. The summed E-state index contributed by atoms with van der Waals surface area (Å²) < 4.78 is 0. The van der Waals surface area contributed by atoms with Crippen LogP contribution in [0.3, 0.4) is 0 Å². The summed E-state index contributed by atoms with van der Waals surface area (Å²) in [6.45, 7) is 3.58. The fourth-order valence-electron chi connectivity index (χ4n) is 4.51. The highest BCUT2D eigenvalue weighted by atomic mass is 35.5. The molecule has 2 aliphatic carbocycles. The van der Waals surface area contributed by atoms with Gasteiger partial charge in [-0.2, -0.15) is 0 Å². The van der Waals surface area contributed by atoms with Gasteiger partial charge in [-0.05, 0) is 48.6 Å². The zero-order valence-corrected chi connectivity index (χ0v) is 15.5. The van der Waals surface area contributed by atoms with Gasteiger partial charge in [0.2, 0.25) is 5.91 Å². The van der Waals surface area contributed by atoms with E-state index in [-0.39, 0.29) is 36.8 Å².